The maximum atomic E-state index is 9.87. The van der Waals surface area contributed by atoms with Crippen LogP contribution in [0.25, 0.3) is 0 Å². The number of likely N-dealkylation sites (tertiary alicyclic amines) is 1. The molecule has 1 aromatic rings. The van der Waals surface area contributed by atoms with Crippen LogP contribution in [0.15, 0.2) is 12.4 Å². The molecule has 0 bridgehead atoms. The summed E-state index contributed by atoms with van der Waals surface area (Å²) < 4.78 is 2.19. The van der Waals surface area contributed by atoms with Gasteiger partial charge in [0.2, 0.25) is 0 Å². The van der Waals surface area contributed by atoms with Crippen LogP contribution in [0.5, 0.6) is 0 Å². The van der Waals surface area contributed by atoms with Crippen LogP contribution in [0.4, 0.5) is 0 Å². The van der Waals surface area contributed by atoms with E-state index in [-0.39, 0.29) is 6.10 Å². The van der Waals surface area contributed by atoms with Gasteiger partial charge in [0.05, 0.1) is 12.6 Å². The van der Waals surface area contributed by atoms with Crippen LogP contribution < -0.4 is 0 Å². The van der Waals surface area contributed by atoms with Crippen molar-refractivity contribution in [3.63, 3.8) is 0 Å². The van der Waals surface area contributed by atoms with Gasteiger partial charge in [0.1, 0.15) is 5.82 Å². The fourth-order valence-electron chi connectivity index (χ4n) is 2.62. The predicted octanol–water partition coefficient (Wildman–Crippen LogP) is 1.50. The van der Waals surface area contributed by atoms with Crippen LogP contribution in [-0.4, -0.2) is 38.8 Å². The summed E-state index contributed by atoms with van der Waals surface area (Å²) in [5.41, 5.74) is 0. The minimum Gasteiger partial charge on any atom is -0.393 e. The molecule has 0 saturated carbocycles. The zero-order valence-electron chi connectivity index (χ0n) is 10.8. The van der Waals surface area contributed by atoms with Crippen molar-refractivity contribution in [2.24, 2.45) is 5.92 Å². The van der Waals surface area contributed by atoms with E-state index < -0.39 is 0 Å². The first-order chi connectivity index (χ1) is 8.24. The van der Waals surface area contributed by atoms with Gasteiger partial charge in [0, 0.05) is 32.0 Å². The zero-order valence-corrected chi connectivity index (χ0v) is 10.8. The summed E-state index contributed by atoms with van der Waals surface area (Å²) in [6, 6.07) is 0. The second-order valence-electron chi connectivity index (χ2n) is 4.89. The molecule has 0 spiro atoms. The molecule has 0 amide bonds. The largest absolute Gasteiger partial charge is 0.393 e. The van der Waals surface area contributed by atoms with Gasteiger partial charge in [-0.25, -0.2) is 4.98 Å². The lowest BCUT2D eigenvalue weighted by molar-refractivity contribution is 0.0209. The van der Waals surface area contributed by atoms with Crippen LogP contribution in [0.3, 0.4) is 0 Å². The van der Waals surface area contributed by atoms with Crippen LogP contribution in [0.1, 0.15) is 32.5 Å². The highest BCUT2D eigenvalue weighted by Gasteiger charge is 2.26. The standard InChI is InChI=1S/C13H23N3O/c1-3-11-9-15(7-5-12(11)17)10-13-14-6-8-16(13)4-2/h6,8,11-12,17H,3-5,7,9-10H2,1-2H3. The van der Waals surface area contributed by atoms with E-state index >= 15 is 0 Å². The van der Waals surface area contributed by atoms with Crippen molar-refractivity contribution in [2.45, 2.75) is 45.9 Å². The number of hydrogen-bond acceptors (Lipinski definition) is 3. The van der Waals surface area contributed by atoms with Crippen LogP contribution in [0.2, 0.25) is 0 Å². The molecule has 2 unspecified atom stereocenters. The van der Waals surface area contributed by atoms with Crippen LogP contribution in [-0.2, 0) is 13.1 Å². The Morgan fingerprint density at radius 1 is 1.47 bits per heavy atom. The number of nitrogens with zero attached hydrogens (tertiary/aromatic N) is 3. The Bertz CT molecular complexity index is 350. The Balaban J connectivity index is 1.95. The number of hydrogen-bond donors (Lipinski definition) is 1. The van der Waals surface area contributed by atoms with Crippen molar-refractivity contribution in [1.82, 2.24) is 14.5 Å². The molecule has 2 heterocycles. The smallest absolute Gasteiger partial charge is 0.122 e. The molecule has 0 aromatic carbocycles. The molecule has 2 atom stereocenters. The quantitative estimate of drug-likeness (QED) is 0.862. The number of rotatable bonds is 4. The SMILES string of the molecule is CCC1CN(Cc2nccn2CC)CCC1O. The molecule has 4 heteroatoms. The molecule has 1 fully saturated rings. The minimum atomic E-state index is -0.109. The van der Waals surface area contributed by atoms with Gasteiger partial charge in [-0.2, -0.15) is 0 Å². The maximum absolute atomic E-state index is 9.87. The molecule has 96 valence electrons. The Morgan fingerprint density at radius 2 is 2.29 bits per heavy atom. The van der Waals surface area contributed by atoms with E-state index in [9.17, 15) is 5.11 Å². The van der Waals surface area contributed by atoms with Gasteiger partial charge in [-0.15, -0.1) is 0 Å². The van der Waals surface area contributed by atoms with Gasteiger partial charge in [0.25, 0.3) is 0 Å². The number of piperidine rings is 1. The topological polar surface area (TPSA) is 41.3 Å². The molecular formula is C13H23N3O. The number of aliphatic hydroxyl groups excluding tert-OH is 1. The summed E-state index contributed by atoms with van der Waals surface area (Å²) in [5.74, 6) is 1.56. The number of aliphatic hydroxyl groups is 1. The highest BCUT2D eigenvalue weighted by molar-refractivity contribution is 4.93. The summed E-state index contributed by atoms with van der Waals surface area (Å²) >= 11 is 0. The average molecular weight is 237 g/mol. The van der Waals surface area contributed by atoms with E-state index in [2.05, 4.69) is 28.3 Å². The Hall–Kier alpha value is -0.870. The fraction of sp³-hybridized carbons (Fsp3) is 0.769. The predicted molar refractivity (Wildman–Crippen MR) is 67.6 cm³/mol. The molecule has 0 aliphatic carbocycles. The first-order valence-electron chi connectivity index (χ1n) is 6.65. The lowest BCUT2D eigenvalue weighted by Crippen LogP contribution is -2.42. The van der Waals surface area contributed by atoms with Gasteiger partial charge < -0.3 is 9.67 Å². The Morgan fingerprint density at radius 3 is 3.00 bits per heavy atom. The van der Waals surface area contributed by atoms with Crippen molar-refractivity contribution < 1.29 is 5.11 Å². The highest BCUT2D eigenvalue weighted by Crippen LogP contribution is 2.21. The lowest BCUT2D eigenvalue weighted by atomic mass is 9.92. The molecule has 1 aliphatic rings. The van der Waals surface area contributed by atoms with E-state index in [1.54, 1.807) is 0 Å². The third-order valence-corrected chi connectivity index (χ3v) is 3.81. The summed E-state index contributed by atoms with van der Waals surface area (Å²) in [6.45, 7) is 8.15. The average Bonchev–Trinajstić information content (AvgIpc) is 2.79. The summed E-state index contributed by atoms with van der Waals surface area (Å²) in [6.07, 6.45) is 5.74. The van der Waals surface area contributed by atoms with Crippen molar-refractivity contribution in [2.75, 3.05) is 13.1 Å². The second kappa shape index (κ2) is 5.65. The first kappa shape index (κ1) is 12.6. The summed E-state index contributed by atoms with van der Waals surface area (Å²) in [7, 11) is 0. The second-order valence-corrected chi connectivity index (χ2v) is 4.89. The Kier molecular flexibility index (Phi) is 4.18. The van der Waals surface area contributed by atoms with E-state index in [1.165, 1.54) is 0 Å². The molecule has 1 aliphatic heterocycles. The third-order valence-electron chi connectivity index (χ3n) is 3.81. The van der Waals surface area contributed by atoms with Crippen molar-refractivity contribution in [3.8, 4) is 0 Å². The van der Waals surface area contributed by atoms with Gasteiger partial charge in [0.15, 0.2) is 0 Å². The number of aryl methyl sites for hydroxylation is 1. The molecule has 2 rings (SSSR count). The van der Waals surface area contributed by atoms with Gasteiger partial charge in [-0.05, 0) is 25.7 Å². The summed E-state index contributed by atoms with van der Waals surface area (Å²) in [4.78, 5) is 6.82. The van der Waals surface area contributed by atoms with Crippen molar-refractivity contribution >= 4 is 0 Å². The van der Waals surface area contributed by atoms with Gasteiger partial charge >= 0.3 is 0 Å². The fourth-order valence-corrected chi connectivity index (χ4v) is 2.62. The molecular weight excluding hydrogens is 214 g/mol. The first-order valence-corrected chi connectivity index (χ1v) is 6.65. The van der Waals surface area contributed by atoms with E-state index in [4.69, 9.17) is 0 Å². The molecule has 4 nitrogen and oxygen atoms in total. The maximum Gasteiger partial charge on any atom is 0.122 e. The summed E-state index contributed by atoms with van der Waals surface area (Å²) in [5, 5.41) is 9.87. The monoisotopic (exact) mass is 237 g/mol. The van der Waals surface area contributed by atoms with Gasteiger partial charge in [-0.3, -0.25) is 4.90 Å². The van der Waals surface area contributed by atoms with Crippen molar-refractivity contribution in [3.05, 3.63) is 18.2 Å². The van der Waals surface area contributed by atoms with Gasteiger partial charge in [-0.1, -0.05) is 6.92 Å². The zero-order chi connectivity index (χ0) is 12.3. The van der Waals surface area contributed by atoms with E-state index in [0.29, 0.717) is 5.92 Å². The third kappa shape index (κ3) is 2.87. The van der Waals surface area contributed by atoms with E-state index in [0.717, 1.165) is 44.8 Å². The molecule has 1 saturated heterocycles. The van der Waals surface area contributed by atoms with E-state index in [1.807, 2.05) is 12.4 Å². The lowest BCUT2D eigenvalue weighted by Gasteiger charge is -2.35. The molecule has 0 radical (unpaired) electrons. The van der Waals surface area contributed by atoms with Crippen molar-refractivity contribution in [1.29, 1.82) is 0 Å². The normalized spacial score (nSPS) is 26.3. The minimum absolute atomic E-state index is 0.109. The van der Waals surface area contributed by atoms with Crippen LogP contribution in [0, 0.1) is 5.92 Å². The number of imidazole rings is 1. The highest BCUT2D eigenvalue weighted by atomic mass is 16.3. The Labute approximate surface area is 103 Å². The molecule has 1 N–H and O–H groups in total. The number of aromatic nitrogens is 2. The van der Waals surface area contributed by atoms with Crippen LogP contribution >= 0.6 is 0 Å². The molecule has 17 heavy (non-hydrogen) atoms. The molecule has 1 aromatic heterocycles.